The number of nitrogens with one attached hydrogen (secondary N) is 1. The zero-order valence-corrected chi connectivity index (χ0v) is 16.6. The van der Waals surface area contributed by atoms with Crippen LogP contribution in [-0.4, -0.2) is 33.9 Å². The highest BCUT2D eigenvalue weighted by Crippen LogP contribution is 2.30. The van der Waals surface area contributed by atoms with E-state index in [1.807, 2.05) is 57.3 Å². The Balaban J connectivity index is 1.76. The summed E-state index contributed by atoms with van der Waals surface area (Å²) >= 11 is 0. The third-order valence-electron chi connectivity index (χ3n) is 5.10. The molecule has 2 atom stereocenters. The maximum atomic E-state index is 12.7. The van der Waals surface area contributed by atoms with Crippen LogP contribution in [0.5, 0.6) is 0 Å². The van der Waals surface area contributed by atoms with Crippen LogP contribution in [0.4, 0.5) is 0 Å². The fourth-order valence-corrected chi connectivity index (χ4v) is 3.58. The van der Waals surface area contributed by atoms with Gasteiger partial charge in [-0.2, -0.15) is 0 Å². The van der Waals surface area contributed by atoms with Gasteiger partial charge in [0.15, 0.2) is 0 Å². The third-order valence-corrected chi connectivity index (χ3v) is 5.10. The maximum absolute atomic E-state index is 12.7. The van der Waals surface area contributed by atoms with Gasteiger partial charge in [-0.05, 0) is 49.6 Å². The van der Waals surface area contributed by atoms with Crippen LogP contribution in [0.3, 0.4) is 0 Å². The summed E-state index contributed by atoms with van der Waals surface area (Å²) in [6.07, 6.45) is 5.85. The molecular formula is C22H30N4O. The van der Waals surface area contributed by atoms with Crippen LogP contribution >= 0.6 is 0 Å². The molecule has 2 aromatic heterocycles. The smallest absolute Gasteiger partial charge is 0.225 e. The first kappa shape index (κ1) is 19.5. The van der Waals surface area contributed by atoms with Gasteiger partial charge in [-0.15, -0.1) is 0 Å². The van der Waals surface area contributed by atoms with E-state index in [9.17, 15) is 4.79 Å². The lowest BCUT2D eigenvalue weighted by Gasteiger charge is -2.37. The molecule has 5 heteroatoms. The second-order valence-electron chi connectivity index (χ2n) is 8.41. The topological polar surface area (TPSA) is 58.1 Å². The molecule has 3 heterocycles. The molecule has 1 amide bonds. The van der Waals surface area contributed by atoms with Crippen molar-refractivity contribution in [2.24, 2.45) is 11.3 Å². The first-order valence-electron chi connectivity index (χ1n) is 9.77. The molecule has 0 saturated carbocycles. The number of carbonyl (C=O) groups is 1. The van der Waals surface area contributed by atoms with Crippen molar-refractivity contribution in [1.82, 2.24) is 20.2 Å². The molecule has 144 valence electrons. The Kier molecular flexibility index (Phi) is 6.22. The molecule has 2 aromatic rings. The molecular weight excluding hydrogens is 336 g/mol. The lowest BCUT2D eigenvalue weighted by molar-refractivity contribution is -0.130. The van der Waals surface area contributed by atoms with Crippen LogP contribution < -0.4 is 5.32 Å². The lowest BCUT2D eigenvalue weighted by Crippen LogP contribution is -2.45. The summed E-state index contributed by atoms with van der Waals surface area (Å²) in [6, 6.07) is 11.9. The maximum Gasteiger partial charge on any atom is 0.225 e. The Morgan fingerprint density at radius 1 is 1.19 bits per heavy atom. The van der Waals surface area contributed by atoms with Crippen molar-refractivity contribution in [2.45, 2.75) is 46.2 Å². The summed E-state index contributed by atoms with van der Waals surface area (Å²) < 4.78 is 0. The highest BCUT2D eigenvalue weighted by Gasteiger charge is 2.33. The summed E-state index contributed by atoms with van der Waals surface area (Å²) in [6.45, 7) is 8.70. The highest BCUT2D eigenvalue weighted by atomic mass is 16.2. The minimum Gasteiger partial charge on any atom is -0.347 e. The molecule has 0 radical (unpaired) electrons. The van der Waals surface area contributed by atoms with E-state index in [0.29, 0.717) is 5.92 Å². The van der Waals surface area contributed by atoms with E-state index >= 15 is 0 Å². The van der Waals surface area contributed by atoms with Gasteiger partial charge in [-0.1, -0.05) is 32.9 Å². The summed E-state index contributed by atoms with van der Waals surface area (Å²) in [7, 11) is 0. The third kappa shape index (κ3) is 5.36. The van der Waals surface area contributed by atoms with Crippen molar-refractivity contribution < 1.29 is 4.79 Å². The van der Waals surface area contributed by atoms with Crippen molar-refractivity contribution in [1.29, 1.82) is 0 Å². The van der Waals surface area contributed by atoms with Crippen LogP contribution in [0.15, 0.2) is 48.8 Å². The highest BCUT2D eigenvalue weighted by molar-refractivity contribution is 5.81. The van der Waals surface area contributed by atoms with Gasteiger partial charge in [0.2, 0.25) is 5.91 Å². The van der Waals surface area contributed by atoms with Crippen molar-refractivity contribution in [3.8, 4) is 0 Å². The number of carbonyl (C=O) groups excluding carboxylic acids is 1. The molecule has 1 N–H and O–H groups in total. The molecule has 3 rings (SSSR count). The van der Waals surface area contributed by atoms with Gasteiger partial charge in [0.05, 0.1) is 17.4 Å². The summed E-state index contributed by atoms with van der Waals surface area (Å²) in [5, 5.41) is 3.28. The molecule has 0 aromatic carbocycles. The van der Waals surface area contributed by atoms with Crippen LogP contribution in [0.2, 0.25) is 0 Å². The number of hydrogen-bond donors (Lipinski definition) is 1. The lowest BCUT2D eigenvalue weighted by atomic mass is 9.86. The quantitative estimate of drug-likeness (QED) is 0.878. The largest absolute Gasteiger partial charge is 0.347 e. The number of aromatic nitrogens is 2. The van der Waals surface area contributed by atoms with Crippen LogP contribution in [0.25, 0.3) is 0 Å². The molecule has 1 aliphatic heterocycles. The molecule has 0 aliphatic carbocycles. The fourth-order valence-electron chi connectivity index (χ4n) is 3.58. The van der Waals surface area contributed by atoms with Crippen LogP contribution in [0.1, 0.15) is 51.0 Å². The number of hydrogen-bond acceptors (Lipinski definition) is 4. The zero-order valence-electron chi connectivity index (χ0n) is 16.6. The van der Waals surface area contributed by atoms with Gasteiger partial charge in [0.1, 0.15) is 0 Å². The SMILES string of the molecule is CC(C)(C)C(=O)N[C@H](c1ccccn1)[C@@H]1CCCN(Cc2ccccn2)C1. The average molecular weight is 367 g/mol. The second-order valence-corrected chi connectivity index (χ2v) is 8.41. The summed E-state index contributed by atoms with van der Waals surface area (Å²) in [5.74, 6) is 0.406. The number of piperidine rings is 1. The monoisotopic (exact) mass is 366 g/mol. The predicted molar refractivity (Wildman–Crippen MR) is 107 cm³/mol. The molecule has 0 spiro atoms. The number of likely N-dealkylation sites (tertiary alicyclic amines) is 1. The van der Waals surface area contributed by atoms with E-state index in [1.54, 1.807) is 6.20 Å². The first-order chi connectivity index (χ1) is 12.9. The Bertz CT molecular complexity index is 727. The summed E-state index contributed by atoms with van der Waals surface area (Å²) in [5.41, 5.74) is 1.61. The Morgan fingerprint density at radius 3 is 2.56 bits per heavy atom. The van der Waals surface area contributed by atoms with Gasteiger partial charge >= 0.3 is 0 Å². The Hall–Kier alpha value is -2.27. The molecule has 1 aliphatic rings. The van der Waals surface area contributed by atoms with E-state index in [4.69, 9.17) is 0 Å². The van der Waals surface area contributed by atoms with E-state index in [0.717, 1.165) is 43.9 Å². The van der Waals surface area contributed by atoms with Gasteiger partial charge in [-0.25, -0.2) is 0 Å². The average Bonchev–Trinajstić information content (AvgIpc) is 2.67. The van der Waals surface area contributed by atoms with Crippen molar-refractivity contribution in [2.75, 3.05) is 13.1 Å². The van der Waals surface area contributed by atoms with Gasteiger partial charge in [0, 0.05) is 30.9 Å². The first-order valence-corrected chi connectivity index (χ1v) is 9.77. The number of rotatable bonds is 5. The molecule has 0 unspecified atom stereocenters. The molecule has 27 heavy (non-hydrogen) atoms. The Labute approximate surface area is 162 Å². The Morgan fingerprint density at radius 2 is 1.93 bits per heavy atom. The van der Waals surface area contributed by atoms with Gasteiger partial charge < -0.3 is 5.32 Å². The summed E-state index contributed by atoms with van der Waals surface area (Å²) in [4.78, 5) is 24.2. The fraction of sp³-hybridized carbons (Fsp3) is 0.500. The minimum atomic E-state index is -0.421. The van der Waals surface area contributed by atoms with E-state index < -0.39 is 5.41 Å². The predicted octanol–water partition coefficient (Wildman–Crippen LogP) is 3.59. The second kappa shape index (κ2) is 8.61. The van der Waals surface area contributed by atoms with E-state index in [2.05, 4.69) is 26.3 Å². The standard InChI is InChI=1S/C22H30N4O/c1-22(2,3)21(27)25-20(19-11-5-7-13-24-19)17-9-8-14-26(15-17)16-18-10-4-6-12-23-18/h4-7,10-13,17,20H,8-9,14-16H2,1-3H3,(H,25,27)/t17-,20+/m1/s1. The van der Waals surface area contributed by atoms with Crippen LogP contribution in [0, 0.1) is 11.3 Å². The molecule has 5 nitrogen and oxygen atoms in total. The van der Waals surface area contributed by atoms with Crippen molar-refractivity contribution in [3.05, 3.63) is 60.2 Å². The molecule has 0 bridgehead atoms. The van der Waals surface area contributed by atoms with Gasteiger partial charge in [-0.3, -0.25) is 19.7 Å². The minimum absolute atomic E-state index is 0.0653. The molecule has 1 fully saturated rings. The number of nitrogens with zero attached hydrogens (tertiary/aromatic N) is 3. The van der Waals surface area contributed by atoms with Gasteiger partial charge in [0.25, 0.3) is 0 Å². The van der Waals surface area contributed by atoms with Crippen molar-refractivity contribution >= 4 is 5.91 Å². The number of pyridine rings is 2. The van der Waals surface area contributed by atoms with E-state index in [1.165, 1.54) is 0 Å². The van der Waals surface area contributed by atoms with E-state index in [-0.39, 0.29) is 11.9 Å². The van der Waals surface area contributed by atoms with Crippen molar-refractivity contribution in [3.63, 3.8) is 0 Å². The number of amides is 1. The normalized spacial score (nSPS) is 19.4. The zero-order chi connectivity index (χ0) is 19.3. The van der Waals surface area contributed by atoms with Crippen LogP contribution in [-0.2, 0) is 11.3 Å². The molecule has 1 saturated heterocycles.